The highest BCUT2D eigenvalue weighted by atomic mass is 16.3. The third-order valence-electron chi connectivity index (χ3n) is 2.34. The molecule has 0 radical (unpaired) electrons. The monoisotopic (exact) mass is 243 g/mol. The number of carbonyl (C=O) groups excluding carboxylic acids is 3. The van der Waals surface area contributed by atoms with Crippen LogP contribution in [-0.2, 0) is 9.59 Å². The summed E-state index contributed by atoms with van der Waals surface area (Å²) in [7, 11) is 0. The van der Waals surface area contributed by atoms with E-state index in [-0.39, 0.29) is 13.1 Å². The van der Waals surface area contributed by atoms with E-state index in [1.807, 2.05) is 0 Å². The van der Waals surface area contributed by atoms with Crippen molar-refractivity contribution in [1.29, 1.82) is 0 Å². The molecule has 7 heteroatoms. The van der Waals surface area contributed by atoms with E-state index >= 15 is 0 Å². The van der Waals surface area contributed by atoms with E-state index in [1.54, 1.807) is 13.8 Å². The molecule has 0 saturated carbocycles. The topological polar surface area (TPSA) is 98.7 Å². The molecule has 1 aliphatic rings. The minimum atomic E-state index is -0.971. The Morgan fingerprint density at radius 1 is 1.53 bits per heavy atom. The number of rotatable bonds is 4. The molecule has 0 aromatic carbocycles. The van der Waals surface area contributed by atoms with Crippen molar-refractivity contribution in [2.45, 2.75) is 32.4 Å². The molecule has 1 atom stereocenters. The maximum atomic E-state index is 11.7. The van der Waals surface area contributed by atoms with Crippen molar-refractivity contribution in [2.24, 2.45) is 0 Å². The minimum absolute atomic E-state index is 0.0892. The number of hydrogen-bond donors (Lipinski definition) is 3. The van der Waals surface area contributed by atoms with Crippen molar-refractivity contribution in [3.8, 4) is 0 Å². The number of aliphatic hydroxyl groups is 1. The highest BCUT2D eigenvalue weighted by molar-refractivity contribution is 6.08. The summed E-state index contributed by atoms with van der Waals surface area (Å²) in [6.45, 7) is 4.42. The summed E-state index contributed by atoms with van der Waals surface area (Å²) < 4.78 is 0. The zero-order chi connectivity index (χ0) is 13.2. The average molecular weight is 243 g/mol. The van der Waals surface area contributed by atoms with Gasteiger partial charge in [-0.1, -0.05) is 0 Å². The van der Waals surface area contributed by atoms with Gasteiger partial charge in [-0.25, -0.2) is 4.79 Å². The first-order valence-electron chi connectivity index (χ1n) is 5.33. The molecule has 0 aliphatic carbocycles. The summed E-state index contributed by atoms with van der Waals surface area (Å²) in [5.74, 6) is -0.915. The van der Waals surface area contributed by atoms with Gasteiger partial charge in [-0.15, -0.1) is 0 Å². The van der Waals surface area contributed by atoms with E-state index < -0.39 is 29.5 Å². The largest absolute Gasteiger partial charge is 0.392 e. The van der Waals surface area contributed by atoms with Crippen LogP contribution in [0.4, 0.5) is 4.79 Å². The van der Waals surface area contributed by atoms with E-state index in [4.69, 9.17) is 5.11 Å². The minimum Gasteiger partial charge on any atom is -0.392 e. The molecule has 0 unspecified atom stereocenters. The molecule has 1 heterocycles. The summed E-state index contributed by atoms with van der Waals surface area (Å²) in [6.07, 6.45) is -0.668. The Kier molecular flexibility index (Phi) is 3.72. The van der Waals surface area contributed by atoms with Crippen LogP contribution in [0.1, 0.15) is 20.8 Å². The molecular weight excluding hydrogens is 226 g/mol. The van der Waals surface area contributed by atoms with Gasteiger partial charge in [0, 0.05) is 6.54 Å². The van der Waals surface area contributed by atoms with Gasteiger partial charge in [0.2, 0.25) is 5.91 Å². The highest BCUT2D eigenvalue weighted by Crippen LogP contribution is 2.15. The molecule has 96 valence electrons. The van der Waals surface area contributed by atoms with Gasteiger partial charge in [-0.05, 0) is 20.8 Å². The van der Waals surface area contributed by atoms with Crippen molar-refractivity contribution in [3.63, 3.8) is 0 Å². The number of hydrogen-bond acceptors (Lipinski definition) is 4. The van der Waals surface area contributed by atoms with Crippen molar-refractivity contribution in [2.75, 3.05) is 13.1 Å². The van der Waals surface area contributed by atoms with Gasteiger partial charge in [0.15, 0.2) is 0 Å². The number of aliphatic hydroxyl groups excluding tert-OH is 1. The highest BCUT2D eigenvalue weighted by Gasteiger charge is 2.44. The zero-order valence-electron chi connectivity index (χ0n) is 10.1. The van der Waals surface area contributed by atoms with E-state index in [1.165, 1.54) is 6.92 Å². The molecule has 3 N–H and O–H groups in total. The summed E-state index contributed by atoms with van der Waals surface area (Å²) in [4.78, 5) is 35.4. The summed E-state index contributed by atoms with van der Waals surface area (Å²) in [5.41, 5.74) is -0.971. The van der Waals surface area contributed by atoms with Crippen LogP contribution in [-0.4, -0.2) is 52.6 Å². The van der Waals surface area contributed by atoms with Crippen molar-refractivity contribution in [3.05, 3.63) is 0 Å². The number of amides is 4. The second-order valence-electron chi connectivity index (χ2n) is 4.60. The van der Waals surface area contributed by atoms with Gasteiger partial charge in [-0.3, -0.25) is 14.5 Å². The van der Waals surface area contributed by atoms with Crippen LogP contribution < -0.4 is 10.6 Å². The van der Waals surface area contributed by atoms with E-state index in [9.17, 15) is 14.4 Å². The van der Waals surface area contributed by atoms with Crippen LogP contribution in [0.15, 0.2) is 0 Å². The quantitative estimate of drug-likeness (QED) is 0.541. The predicted octanol–water partition coefficient (Wildman–Crippen LogP) is -1.19. The van der Waals surface area contributed by atoms with Gasteiger partial charge < -0.3 is 15.7 Å². The first kappa shape index (κ1) is 13.4. The smallest absolute Gasteiger partial charge is 0.325 e. The molecule has 1 rings (SSSR count). The van der Waals surface area contributed by atoms with Gasteiger partial charge in [0.1, 0.15) is 12.1 Å². The Morgan fingerprint density at radius 3 is 2.53 bits per heavy atom. The fourth-order valence-electron chi connectivity index (χ4n) is 1.42. The second kappa shape index (κ2) is 4.70. The fourth-order valence-corrected chi connectivity index (χ4v) is 1.42. The molecule has 4 amide bonds. The van der Waals surface area contributed by atoms with Gasteiger partial charge in [0.05, 0.1) is 6.10 Å². The summed E-state index contributed by atoms with van der Waals surface area (Å²) in [6, 6.07) is -0.577. The third kappa shape index (κ3) is 3.16. The molecule has 0 bridgehead atoms. The van der Waals surface area contributed by atoms with Crippen molar-refractivity contribution in [1.82, 2.24) is 15.5 Å². The average Bonchev–Trinajstić information content (AvgIpc) is 2.38. The standard InChI is InChI=1S/C10H17N3O4/c1-6(14)4-11-7(15)5-13-8(16)10(2,3)12-9(13)17/h6,14H,4-5H2,1-3H3,(H,11,15)(H,12,17)/t6-/m0/s1. The second-order valence-corrected chi connectivity index (χ2v) is 4.60. The molecule has 1 saturated heterocycles. The lowest BCUT2D eigenvalue weighted by molar-refractivity contribution is -0.134. The Balaban J connectivity index is 2.55. The Hall–Kier alpha value is -1.63. The number of carbonyl (C=O) groups is 3. The van der Waals surface area contributed by atoms with E-state index in [0.29, 0.717) is 0 Å². The van der Waals surface area contributed by atoms with Crippen LogP contribution in [0.2, 0.25) is 0 Å². The molecular formula is C10H17N3O4. The number of nitrogens with one attached hydrogen (secondary N) is 2. The van der Waals surface area contributed by atoms with Gasteiger partial charge in [-0.2, -0.15) is 0 Å². The molecule has 17 heavy (non-hydrogen) atoms. The molecule has 0 spiro atoms. The third-order valence-corrected chi connectivity index (χ3v) is 2.34. The first-order valence-corrected chi connectivity index (χ1v) is 5.33. The lowest BCUT2D eigenvalue weighted by Gasteiger charge is -2.15. The first-order chi connectivity index (χ1) is 7.74. The maximum absolute atomic E-state index is 11.7. The predicted molar refractivity (Wildman–Crippen MR) is 59.0 cm³/mol. The van der Waals surface area contributed by atoms with Gasteiger partial charge in [0.25, 0.3) is 5.91 Å². The van der Waals surface area contributed by atoms with Crippen molar-refractivity contribution >= 4 is 17.8 Å². The van der Waals surface area contributed by atoms with Crippen LogP contribution in [0.25, 0.3) is 0 Å². The van der Waals surface area contributed by atoms with Crippen molar-refractivity contribution < 1.29 is 19.5 Å². The van der Waals surface area contributed by atoms with Crippen LogP contribution in [0, 0.1) is 0 Å². The maximum Gasteiger partial charge on any atom is 0.325 e. The number of imide groups is 1. The van der Waals surface area contributed by atoms with Gasteiger partial charge >= 0.3 is 6.03 Å². The lowest BCUT2D eigenvalue weighted by Crippen LogP contribution is -2.44. The number of urea groups is 1. The Morgan fingerprint density at radius 2 is 2.12 bits per heavy atom. The normalized spacial score (nSPS) is 20.1. The molecule has 0 aromatic heterocycles. The van der Waals surface area contributed by atoms with E-state index in [0.717, 1.165) is 4.90 Å². The molecule has 0 aromatic rings. The van der Waals surface area contributed by atoms with Crippen LogP contribution in [0.3, 0.4) is 0 Å². The number of nitrogens with zero attached hydrogens (tertiary/aromatic N) is 1. The fraction of sp³-hybridized carbons (Fsp3) is 0.700. The zero-order valence-corrected chi connectivity index (χ0v) is 10.1. The molecule has 1 aliphatic heterocycles. The summed E-state index contributed by atoms with van der Waals surface area (Å²) in [5, 5.41) is 13.9. The Labute approximate surface area is 99.2 Å². The lowest BCUT2D eigenvalue weighted by atomic mass is 10.1. The Bertz CT molecular complexity index is 351. The van der Waals surface area contributed by atoms with E-state index in [2.05, 4.69) is 10.6 Å². The SMILES string of the molecule is C[C@H](O)CNC(=O)CN1C(=O)NC(C)(C)C1=O. The summed E-state index contributed by atoms with van der Waals surface area (Å²) >= 11 is 0. The van der Waals surface area contributed by atoms with Crippen LogP contribution >= 0.6 is 0 Å². The molecule has 7 nitrogen and oxygen atoms in total. The van der Waals surface area contributed by atoms with Crippen LogP contribution in [0.5, 0.6) is 0 Å². The molecule has 1 fully saturated rings.